The second kappa shape index (κ2) is 40.5. The van der Waals surface area contributed by atoms with E-state index in [1.165, 1.54) is 22.3 Å². The molecular weight excluding hydrogens is 1170 g/mol. The molecule has 3 saturated heterocycles. The van der Waals surface area contributed by atoms with Gasteiger partial charge in [-0.25, -0.2) is 23.2 Å². The molecule has 26 heteroatoms. The third-order valence-corrected chi connectivity index (χ3v) is 14.1. The van der Waals surface area contributed by atoms with Gasteiger partial charge < -0.3 is 65.2 Å². The van der Waals surface area contributed by atoms with Crippen molar-refractivity contribution in [1.29, 1.82) is 5.26 Å². The molecule has 4 heterocycles. The summed E-state index contributed by atoms with van der Waals surface area (Å²) in [5, 5.41) is 44.7. The SMILES string of the molecule is CC.CC(=O)N1C[C-]=C(c2ccccc2[CH]=[V])C1.Cc1ccc(CCCC(=O)NCCCCC(NC(=O)CN2CCN(C(=O)O)CCN(C(=O)O)CCN(C(=O)O)CC2)C(=O)S)cc1.N#CC1CC(F)(F)CN1C(=O)C1CCC(=O)N1.[CH2-]C(C)C.[CH3-]. The van der Waals surface area contributed by atoms with Crippen molar-refractivity contribution in [2.75, 3.05) is 85.1 Å². The van der Waals surface area contributed by atoms with E-state index in [2.05, 4.69) is 96.7 Å². The Labute approximate surface area is 519 Å². The van der Waals surface area contributed by atoms with Gasteiger partial charge in [-0.2, -0.15) is 11.2 Å². The van der Waals surface area contributed by atoms with Crippen LogP contribution < -0.4 is 16.0 Å². The first-order valence-electron chi connectivity index (χ1n) is 28.4. The van der Waals surface area contributed by atoms with Crippen LogP contribution in [0.25, 0.3) is 5.57 Å². The van der Waals surface area contributed by atoms with E-state index in [1.807, 2.05) is 49.8 Å². The number of benzene rings is 2. The van der Waals surface area contributed by atoms with Crippen molar-refractivity contribution in [2.24, 2.45) is 5.92 Å². The van der Waals surface area contributed by atoms with Crippen molar-refractivity contribution in [1.82, 2.24) is 45.3 Å². The number of nitriles is 1. The molecule has 0 spiro atoms. The summed E-state index contributed by atoms with van der Waals surface area (Å²) in [6, 6.07) is 15.3. The van der Waals surface area contributed by atoms with Crippen molar-refractivity contribution < 1.29 is 84.2 Å². The van der Waals surface area contributed by atoms with Crippen LogP contribution in [-0.2, 0) is 52.2 Å². The maximum Gasteiger partial charge on any atom is 0.407 e. The monoisotopic (exact) mass is 1260 g/mol. The average Bonchev–Trinajstić information content (AvgIpc) is 2.83. The van der Waals surface area contributed by atoms with Crippen molar-refractivity contribution >= 4 is 75.9 Å². The van der Waals surface area contributed by atoms with Gasteiger partial charge in [-0.15, -0.1) is 12.6 Å². The normalized spacial score (nSPS) is 17.8. The molecule has 4 aliphatic rings. The molecule has 3 atom stereocenters. The summed E-state index contributed by atoms with van der Waals surface area (Å²) < 4.78 is 28.3. The number of carboxylic acid groups (broad SMARTS) is 3. The molecular formula is C60H87F2N10O12SV-3. The second-order valence-corrected chi connectivity index (χ2v) is 21.5. The summed E-state index contributed by atoms with van der Waals surface area (Å²) in [4.78, 5) is 114. The van der Waals surface area contributed by atoms with Crippen LogP contribution in [0.1, 0.15) is 108 Å². The second-order valence-electron chi connectivity index (χ2n) is 20.7. The number of nitrogens with one attached hydrogen (secondary N) is 3. The molecule has 2 aromatic rings. The van der Waals surface area contributed by atoms with Gasteiger partial charge in [0.05, 0.1) is 25.2 Å². The Hall–Kier alpha value is -6.88. The van der Waals surface area contributed by atoms with Crippen LogP contribution in [0, 0.1) is 44.6 Å². The Kier molecular flexibility index (Phi) is 36.3. The van der Waals surface area contributed by atoms with Crippen molar-refractivity contribution in [3.63, 3.8) is 0 Å². The molecule has 3 unspecified atom stereocenters. The Balaban J connectivity index is 0.000000743. The van der Waals surface area contributed by atoms with Gasteiger partial charge in [-0.1, -0.05) is 57.5 Å². The molecule has 2 aromatic carbocycles. The number of amides is 8. The molecule has 3 fully saturated rings. The summed E-state index contributed by atoms with van der Waals surface area (Å²) in [5.41, 5.74) is 5.84. The number of unbranched alkanes of at least 4 members (excludes halogenated alkanes) is 1. The smallest absolute Gasteiger partial charge is 0.407 e. The fourth-order valence-corrected chi connectivity index (χ4v) is 9.37. The molecule has 0 bridgehead atoms. The largest absolute Gasteiger partial charge is 0.465 e. The number of alkyl halides is 2. The number of aryl methyl sites for hydroxylation is 2. The zero-order valence-electron chi connectivity index (χ0n) is 50.6. The number of rotatable bonds is 16. The maximum atomic E-state index is 13.1. The standard InChI is InChI=1S/C30H46N6O9S.C13H12NO.C10H11F2N3O2.C4H9.C2H6.CH3.V/c1-22-8-10-23(11-9-22)5-4-7-25(37)31-12-3-2-6-24(27(39)46)32-26(38)21-33-13-15-34(28(40)41)17-19-36(30(44)45)20-18-35(16-14-33)29(42)43;1-10-5-3-4-6-13(10)12-7-8-14(9-12)11(2)15;11-10(12)3-6(4-13)15(5-10)9(17)7-1-2-8(16)14-7;1-4(2)3;1-2;;/h8-11,24H,2-7,12-21H2,1H3,(H,31,37)(H,32,38)(H,39,46)(H,40,41)(H,42,43)(H,44,45);1,3-6H,8-9H2,2H3;6-7H,1-3,5H2,(H,14,16);4H,1H2,2-3H3;1-2H3;1H3;/q;-1;;-1;;-1;. The first kappa shape index (κ1) is 77.1. The van der Waals surface area contributed by atoms with Gasteiger partial charge in [0.1, 0.15) is 12.1 Å². The predicted molar refractivity (Wildman–Crippen MR) is 322 cm³/mol. The maximum absolute atomic E-state index is 13.1. The van der Waals surface area contributed by atoms with E-state index in [9.17, 15) is 67.3 Å². The van der Waals surface area contributed by atoms with E-state index in [0.717, 1.165) is 38.0 Å². The first-order chi connectivity index (χ1) is 40.2. The van der Waals surface area contributed by atoms with Crippen LogP contribution in [-0.4, -0.2) is 212 Å². The van der Waals surface area contributed by atoms with Gasteiger partial charge in [0, 0.05) is 78.2 Å². The van der Waals surface area contributed by atoms with Crippen LogP contribution in [0.4, 0.5) is 23.2 Å². The molecule has 6 rings (SSSR count). The minimum atomic E-state index is -3.02. The van der Waals surface area contributed by atoms with E-state index in [-0.39, 0.29) is 90.5 Å². The topological polar surface area (TPSA) is 294 Å². The fourth-order valence-electron chi connectivity index (χ4n) is 8.83. The van der Waals surface area contributed by atoms with Crippen LogP contribution in [0.3, 0.4) is 0 Å². The molecule has 8 amide bonds. The Morgan fingerprint density at radius 1 is 0.872 bits per heavy atom. The third-order valence-electron chi connectivity index (χ3n) is 13.4. The van der Waals surface area contributed by atoms with Gasteiger partial charge in [0.25, 0.3) is 5.92 Å². The van der Waals surface area contributed by atoms with Crippen LogP contribution in [0.15, 0.2) is 48.5 Å². The van der Waals surface area contributed by atoms with Crippen LogP contribution in [0.5, 0.6) is 0 Å². The van der Waals surface area contributed by atoms with Crippen molar-refractivity contribution in [3.8, 4) is 6.07 Å². The molecule has 0 aliphatic carbocycles. The van der Waals surface area contributed by atoms with Gasteiger partial charge in [-0.3, -0.25) is 28.9 Å². The molecule has 4 aliphatic heterocycles. The molecule has 86 heavy (non-hydrogen) atoms. The summed E-state index contributed by atoms with van der Waals surface area (Å²) in [6.45, 7) is 15.6. The first-order valence-corrected chi connectivity index (χ1v) is 29.6. The molecule has 6 N–H and O–H groups in total. The number of likely N-dealkylation sites (tertiary alicyclic amines) is 1. The molecule has 0 aromatic heterocycles. The Morgan fingerprint density at radius 2 is 1.42 bits per heavy atom. The van der Waals surface area contributed by atoms with E-state index in [1.54, 1.807) is 22.8 Å². The summed E-state index contributed by atoms with van der Waals surface area (Å²) in [7, 11) is 0. The van der Waals surface area contributed by atoms with Crippen LogP contribution >= 0.6 is 12.6 Å². The average molecular weight is 1260 g/mol. The zero-order valence-corrected chi connectivity index (χ0v) is 52.9. The van der Waals surface area contributed by atoms with E-state index >= 15 is 0 Å². The van der Waals surface area contributed by atoms with E-state index in [0.29, 0.717) is 57.7 Å². The number of hydrogen-bond acceptors (Lipinski definition) is 11. The molecule has 22 nitrogen and oxygen atoms in total. The molecule has 0 saturated carbocycles. The van der Waals surface area contributed by atoms with Crippen LogP contribution in [0.2, 0.25) is 0 Å². The fraction of sp³-hybridized carbons (Fsp3) is 0.550. The van der Waals surface area contributed by atoms with Crippen molar-refractivity contribution in [2.45, 2.75) is 123 Å². The summed E-state index contributed by atoms with van der Waals surface area (Å²) >= 11 is 6.38. The number of carbonyl (C=O) groups is 9. The van der Waals surface area contributed by atoms with Gasteiger partial charge in [0.15, 0.2) is 0 Å². The van der Waals surface area contributed by atoms with Gasteiger partial charge in [-0.05, 0) is 51.0 Å². The van der Waals surface area contributed by atoms with Gasteiger partial charge >= 0.3 is 123 Å². The predicted octanol–water partition coefficient (Wildman–Crippen LogP) is 6.21. The Morgan fingerprint density at radius 3 is 1.90 bits per heavy atom. The molecule has 477 valence electrons. The number of nitrogens with zero attached hydrogens (tertiary/aromatic N) is 7. The summed E-state index contributed by atoms with van der Waals surface area (Å²) in [5.74, 6) is -3.73. The Bertz CT molecular complexity index is 2600. The quantitative estimate of drug-likeness (QED) is 0.0559. The number of thiol groups is 1. The number of carbonyl (C=O) groups excluding carboxylic acids is 6. The van der Waals surface area contributed by atoms with E-state index in [4.69, 9.17) is 5.26 Å². The summed E-state index contributed by atoms with van der Waals surface area (Å²) in [6.07, 6.45) is 2.78. The molecule has 0 radical (unpaired) electrons. The minimum Gasteiger partial charge on any atom is -0.465 e. The van der Waals surface area contributed by atoms with Gasteiger partial charge in [0.2, 0.25) is 28.7 Å². The third kappa shape index (κ3) is 29.0. The zero-order chi connectivity index (χ0) is 63.8. The number of hydrogen-bond donors (Lipinski definition) is 7. The number of halogens is 2. The van der Waals surface area contributed by atoms with Crippen molar-refractivity contribution in [3.05, 3.63) is 91.2 Å². The minimum absolute atomic E-state index is 0. The van der Waals surface area contributed by atoms with E-state index < -0.39 is 72.2 Å².